The van der Waals surface area contributed by atoms with Crippen molar-refractivity contribution in [2.45, 2.75) is 32.8 Å². The maximum absolute atomic E-state index is 12.1. The Bertz CT molecular complexity index is 814. The molecule has 2 rings (SSSR count). The minimum absolute atomic E-state index is 0.0150. The zero-order valence-corrected chi connectivity index (χ0v) is 16.4. The molecule has 2 aromatic rings. The Morgan fingerprint density at radius 1 is 0.931 bits per heavy atom. The largest absolute Gasteiger partial charge is 0.482 e. The van der Waals surface area contributed by atoms with Gasteiger partial charge in [0.05, 0.1) is 0 Å². The van der Waals surface area contributed by atoms with Crippen molar-refractivity contribution < 1.29 is 32.6 Å². The minimum Gasteiger partial charge on any atom is -0.482 e. The fourth-order valence-electron chi connectivity index (χ4n) is 2.30. The summed E-state index contributed by atoms with van der Waals surface area (Å²) in [5, 5.41) is 2.47. The van der Waals surface area contributed by atoms with Crippen molar-refractivity contribution in [3.8, 4) is 11.5 Å². The Morgan fingerprint density at radius 2 is 1.52 bits per heavy atom. The van der Waals surface area contributed by atoms with Crippen LogP contribution < -0.4 is 14.8 Å². The van der Waals surface area contributed by atoms with E-state index in [1.165, 1.54) is 24.3 Å². The average Bonchev–Trinajstić information content (AvgIpc) is 2.65. The lowest BCUT2D eigenvalue weighted by Crippen LogP contribution is -2.23. The number of halogens is 2. The van der Waals surface area contributed by atoms with Crippen LogP contribution in [-0.2, 0) is 19.7 Å². The van der Waals surface area contributed by atoms with Gasteiger partial charge in [-0.2, -0.15) is 8.78 Å². The number of hydrogen-bond acceptors (Lipinski definition) is 5. The third-order valence-electron chi connectivity index (χ3n) is 3.80. The molecule has 0 aliphatic carbocycles. The third kappa shape index (κ3) is 7.77. The van der Waals surface area contributed by atoms with E-state index in [4.69, 9.17) is 9.47 Å². The molecule has 0 saturated heterocycles. The fraction of sp³-hybridized carbons (Fsp3) is 0.333. The second-order valence-corrected chi connectivity index (χ2v) is 7.17. The van der Waals surface area contributed by atoms with E-state index < -0.39 is 25.1 Å². The highest BCUT2D eigenvalue weighted by atomic mass is 19.3. The van der Waals surface area contributed by atoms with E-state index in [1.807, 2.05) is 12.1 Å². The van der Waals surface area contributed by atoms with Gasteiger partial charge >= 0.3 is 12.6 Å². The van der Waals surface area contributed by atoms with Gasteiger partial charge in [-0.05, 0) is 47.4 Å². The topological polar surface area (TPSA) is 73.9 Å². The molecule has 0 aliphatic heterocycles. The summed E-state index contributed by atoms with van der Waals surface area (Å²) < 4.78 is 38.6. The molecule has 2 aromatic carbocycles. The molecule has 8 heteroatoms. The normalized spacial score (nSPS) is 11.1. The predicted octanol–water partition coefficient (Wildman–Crippen LogP) is 4.15. The minimum atomic E-state index is -2.92. The predicted molar refractivity (Wildman–Crippen MR) is 103 cm³/mol. The fourth-order valence-corrected chi connectivity index (χ4v) is 2.30. The molecule has 0 aliphatic rings. The first-order chi connectivity index (χ1) is 13.6. The van der Waals surface area contributed by atoms with Crippen molar-refractivity contribution in [3.63, 3.8) is 0 Å². The molecule has 1 N–H and O–H groups in total. The van der Waals surface area contributed by atoms with Gasteiger partial charge < -0.3 is 19.5 Å². The molecule has 0 unspecified atom stereocenters. The lowest BCUT2D eigenvalue weighted by Gasteiger charge is -2.19. The van der Waals surface area contributed by atoms with Gasteiger partial charge in [0.25, 0.3) is 5.91 Å². The molecule has 0 fully saturated rings. The number of benzene rings is 2. The van der Waals surface area contributed by atoms with Gasteiger partial charge in [0.15, 0.2) is 13.2 Å². The van der Waals surface area contributed by atoms with Crippen LogP contribution in [0.4, 0.5) is 14.5 Å². The highest BCUT2D eigenvalue weighted by Gasteiger charge is 2.14. The van der Waals surface area contributed by atoms with Crippen molar-refractivity contribution in [1.82, 2.24) is 0 Å². The van der Waals surface area contributed by atoms with Crippen LogP contribution in [0, 0.1) is 0 Å². The van der Waals surface area contributed by atoms with Gasteiger partial charge in [0, 0.05) is 5.69 Å². The number of carbonyl (C=O) groups excluding carboxylic acids is 2. The number of nitrogens with one attached hydrogen (secondary N) is 1. The lowest BCUT2D eigenvalue weighted by molar-refractivity contribution is -0.149. The molecule has 0 spiro atoms. The molecule has 1 amide bonds. The summed E-state index contributed by atoms with van der Waals surface area (Å²) in [4.78, 5) is 23.5. The van der Waals surface area contributed by atoms with Crippen LogP contribution in [0.2, 0.25) is 0 Å². The van der Waals surface area contributed by atoms with Gasteiger partial charge in [0.1, 0.15) is 11.5 Å². The van der Waals surface area contributed by atoms with E-state index in [-0.39, 0.29) is 17.8 Å². The average molecular weight is 407 g/mol. The van der Waals surface area contributed by atoms with Gasteiger partial charge in [-0.15, -0.1) is 0 Å². The Labute approximate surface area is 167 Å². The monoisotopic (exact) mass is 407 g/mol. The maximum Gasteiger partial charge on any atom is 0.387 e. The van der Waals surface area contributed by atoms with Crippen LogP contribution in [0.15, 0.2) is 48.5 Å². The highest BCUT2D eigenvalue weighted by Crippen LogP contribution is 2.24. The van der Waals surface area contributed by atoms with Crippen molar-refractivity contribution in [2.24, 2.45) is 0 Å². The molecule has 0 heterocycles. The first kappa shape index (κ1) is 22.1. The SMILES string of the molecule is CC(C)(C)c1ccc(OCC(=O)OCC(=O)Nc2ccc(OC(F)F)cc2)cc1. The summed E-state index contributed by atoms with van der Waals surface area (Å²) in [5.74, 6) is -0.779. The smallest absolute Gasteiger partial charge is 0.387 e. The van der Waals surface area contributed by atoms with Crippen LogP contribution in [0.25, 0.3) is 0 Å². The van der Waals surface area contributed by atoms with Crippen LogP contribution in [0.1, 0.15) is 26.3 Å². The first-order valence-electron chi connectivity index (χ1n) is 8.87. The number of amides is 1. The van der Waals surface area contributed by atoms with Gasteiger partial charge in [-0.3, -0.25) is 4.79 Å². The van der Waals surface area contributed by atoms with Gasteiger partial charge in [0.2, 0.25) is 0 Å². The summed E-state index contributed by atoms with van der Waals surface area (Å²) >= 11 is 0. The van der Waals surface area contributed by atoms with Gasteiger partial charge in [-0.1, -0.05) is 32.9 Å². The Morgan fingerprint density at radius 3 is 2.07 bits per heavy atom. The molecule has 0 aromatic heterocycles. The van der Waals surface area contributed by atoms with E-state index in [0.717, 1.165) is 5.56 Å². The van der Waals surface area contributed by atoms with Crippen molar-refractivity contribution >= 4 is 17.6 Å². The molecule has 0 atom stereocenters. The summed E-state index contributed by atoms with van der Waals surface area (Å²) in [6.45, 7) is 2.53. The number of hydrogen-bond donors (Lipinski definition) is 1. The molecule has 0 radical (unpaired) electrons. The molecule has 156 valence electrons. The molecule has 6 nitrogen and oxygen atoms in total. The van der Waals surface area contributed by atoms with Crippen LogP contribution in [0.5, 0.6) is 11.5 Å². The maximum atomic E-state index is 12.1. The summed E-state index contributed by atoms with van der Waals surface area (Å²) in [5.41, 5.74) is 1.50. The van der Waals surface area contributed by atoms with E-state index in [0.29, 0.717) is 11.4 Å². The molecule has 0 saturated carbocycles. The zero-order valence-electron chi connectivity index (χ0n) is 16.4. The second-order valence-electron chi connectivity index (χ2n) is 7.17. The number of rotatable bonds is 8. The van der Waals surface area contributed by atoms with Crippen LogP contribution in [0.3, 0.4) is 0 Å². The number of alkyl halides is 2. The standard InChI is InChI=1S/C21H23F2NO5/c1-21(2,3)14-4-8-16(9-5-14)27-13-19(26)28-12-18(25)24-15-6-10-17(11-7-15)29-20(22)23/h4-11,20H,12-13H2,1-3H3,(H,24,25). The second kappa shape index (κ2) is 9.86. The Balaban J connectivity index is 1.72. The molecule has 0 bridgehead atoms. The van der Waals surface area contributed by atoms with Crippen molar-refractivity contribution in [3.05, 3.63) is 54.1 Å². The first-order valence-corrected chi connectivity index (χ1v) is 8.87. The highest BCUT2D eigenvalue weighted by molar-refractivity contribution is 5.92. The molecular formula is C21H23F2NO5. The van der Waals surface area contributed by atoms with E-state index >= 15 is 0 Å². The zero-order chi connectivity index (χ0) is 21.4. The summed E-state index contributed by atoms with van der Waals surface area (Å²) in [6, 6.07) is 12.7. The van der Waals surface area contributed by atoms with Crippen LogP contribution in [-0.4, -0.2) is 31.7 Å². The summed E-state index contributed by atoms with van der Waals surface area (Å²) in [7, 11) is 0. The molecular weight excluding hydrogens is 384 g/mol. The molecule has 29 heavy (non-hydrogen) atoms. The number of anilines is 1. The Kier molecular flexibility index (Phi) is 7.52. The third-order valence-corrected chi connectivity index (χ3v) is 3.80. The van der Waals surface area contributed by atoms with E-state index in [1.54, 1.807) is 12.1 Å². The quantitative estimate of drug-likeness (QED) is 0.666. The van der Waals surface area contributed by atoms with E-state index in [2.05, 4.69) is 30.8 Å². The van der Waals surface area contributed by atoms with Crippen molar-refractivity contribution in [2.75, 3.05) is 18.5 Å². The van der Waals surface area contributed by atoms with Crippen LogP contribution >= 0.6 is 0 Å². The lowest BCUT2D eigenvalue weighted by atomic mass is 9.87. The van der Waals surface area contributed by atoms with E-state index in [9.17, 15) is 18.4 Å². The number of esters is 1. The number of carbonyl (C=O) groups is 2. The van der Waals surface area contributed by atoms with Crippen molar-refractivity contribution in [1.29, 1.82) is 0 Å². The number of ether oxygens (including phenoxy) is 3. The summed E-state index contributed by atoms with van der Waals surface area (Å²) in [6.07, 6.45) is 0. The Hall–Kier alpha value is -3.16. The van der Waals surface area contributed by atoms with Gasteiger partial charge in [-0.25, -0.2) is 4.79 Å².